The van der Waals surface area contributed by atoms with Gasteiger partial charge in [-0.2, -0.15) is 0 Å². The van der Waals surface area contributed by atoms with Crippen molar-refractivity contribution in [3.05, 3.63) is 0 Å². The van der Waals surface area contributed by atoms with Crippen molar-refractivity contribution in [1.82, 2.24) is 5.32 Å². The number of hydrogen-bond acceptors (Lipinski definition) is 3. The summed E-state index contributed by atoms with van der Waals surface area (Å²) in [5.74, 6) is 0.827. The lowest BCUT2D eigenvalue weighted by Gasteiger charge is -2.34. The van der Waals surface area contributed by atoms with Crippen LogP contribution >= 0.6 is 0 Å². The van der Waals surface area contributed by atoms with Gasteiger partial charge in [0.15, 0.2) is 0 Å². The third-order valence-electron chi connectivity index (χ3n) is 3.38. The van der Waals surface area contributed by atoms with E-state index in [1.807, 2.05) is 0 Å². The zero-order valence-corrected chi connectivity index (χ0v) is 8.20. The van der Waals surface area contributed by atoms with Gasteiger partial charge in [0, 0.05) is 6.04 Å². The Kier molecular flexibility index (Phi) is 2.86. The van der Waals surface area contributed by atoms with Gasteiger partial charge in [-0.05, 0) is 25.7 Å². The van der Waals surface area contributed by atoms with Gasteiger partial charge < -0.3 is 15.2 Å². The lowest BCUT2D eigenvalue weighted by Crippen LogP contribution is -2.47. The Hall–Kier alpha value is -0.120. The number of rotatable bonds is 3. The summed E-state index contributed by atoms with van der Waals surface area (Å²) in [4.78, 5) is 0. The van der Waals surface area contributed by atoms with Crippen molar-refractivity contribution in [2.75, 3.05) is 13.2 Å². The second-order valence-electron chi connectivity index (χ2n) is 4.36. The molecule has 0 bridgehead atoms. The van der Waals surface area contributed by atoms with Gasteiger partial charge in [0.1, 0.15) is 0 Å². The SMILES string of the molecule is CC(NC1COCC1O)C1CCC1. The molecule has 3 heteroatoms. The molecule has 3 atom stereocenters. The van der Waals surface area contributed by atoms with Crippen molar-refractivity contribution in [3.63, 3.8) is 0 Å². The molecule has 76 valence electrons. The summed E-state index contributed by atoms with van der Waals surface area (Å²) in [6.07, 6.45) is 3.76. The van der Waals surface area contributed by atoms with Crippen molar-refractivity contribution in [1.29, 1.82) is 0 Å². The average Bonchev–Trinajstić information content (AvgIpc) is 2.32. The van der Waals surface area contributed by atoms with Gasteiger partial charge in [-0.3, -0.25) is 0 Å². The van der Waals surface area contributed by atoms with Crippen molar-refractivity contribution >= 4 is 0 Å². The van der Waals surface area contributed by atoms with Crippen LogP contribution in [0.4, 0.5) is 0 Å². The van der Waals surface area contributed by atoms with Gasteiger partial charge in [0.2, 0.25) is 0 Å². The van der Waals surface area contributed by atoms with E-state index in [0.29, 0.717) is 19.3 Å². The third kappa shape index (κ3) is 2.03. The monoisotopic (exact) mass is 185 g/mol. The van der Waals surface area contributed by atoms with Crippen LogP contribution in [-0.2, 0) is 4.74 Å². The summed E-state index contributed by atoms with van der Waals surface area (Å²) in [6, 6.07) is 0.700. The Morgan fingerprint density at radius 1 is 1.38 bits per heavy atom. The molecule has 0 aromatic rings. The topological polar surface area (TPSA) is 41.5 Å². The molecule has 1 aliphatic carbocycles. The summed E-state index contributed by atoms with van der Waals surface area (Å²) in [5, 5.41) is 13.0. The number of nitrogens with one attached hydrogen (secondary N) is 1. The van der Waals surface area contributed by atoms with Gasteiger partial charge in [-0.15, -0.1) is 0 Å². The average molecular weight is 185 g/mol. The number of aliphatic hydroxyl groups is 1. The second-order valence-corrected chi connectivity index (χ2v) is 4.36. The minimum absolute atomic E-state index is 0.163. The van der Waals surface area contributed by atoms with Crippen LogP contribution in [0.5, 0.6) is 0 Å². The van der Waals surface area contributed by atoms with Crippen molar-refractivity contribution in [3.8, 4) is 0 Å². The standard InChI is InChI=1S/C10H19NO2/c1-7(8-3-2-4-8)11-9-5-13-6-10(9)12/h7-12H,2-6H2,1H3. The maximum atomic E-state index is 9.52. The highest BCUT2D eigenvalue weighted by Crippen LogP contribution is 2.29. The first-order valence-electron chi connectivity index (χ1n) is 5.29. The number of aliphatic hydroxyl groups excluding tert-OH is 1. The lowest BCUT2D eigenvalue weighted by molar-refractivity contribution is 0.118. The summed E-state index contributed by atoms with van der Waals surface area (Å²) in [6.45, 7) is 3.38. The zero-order chi connectivity index (χ0) is 9.26. The number of hydrogen-bond donors (Lipinski definition) is 2. The summed E-state index contributed by atoms with van der Waals surface area (Å²) in [7, 11) is 0. The van der Waals surface area contributed by atoms with E-state index in [1.165, 1.54) is 19.3 Å². The molecule has 1 heterocycles. The van der Waals surface area contributed by atoms with Gasteiger partial charge >= 0.3 is 0 Å². The molecule has 0 radical (unpaired) electrons. The highest BCUT2D eigenvalue weighted by atomic mass is 16.5. The van der Waals surface area contributed by atoms with Crippen molar-refractivity contribution < 1.29 is 9.84 Å². The van der Waals surface area contributed by atoms with E-state index in [-0.39, 0.29) is 12.1 Å². The zero-order valence-electron chi connectivity index (χ0n) is 8.20. The maximum Gasteiger partial charge on any atom is 0.0948 e. The van der Waals surface area contributed by atoms with E-state index in [0.717, 1.165) is 5.92 Å². The second kappa shape index (κ2) is 3.95. The smallest absolute Gasteiger partial charge is 0.0948 e. The molecule has 0 amide bonds. The van der Waals surface area contributed by atoms with Crippen LogP contribution in [0.2, 0.25) is 0 Å². The van der Waals surface area contributed by atoms with E-state index >= 15 is 0 Å². The third-order valence-corrected chi connectivity index (χ3v) is 3.38. The molecule has 0 aromatic carbocycles. The van der Waals surface area contributed by atoms with Crippen LogP contribution < -0.4 is 5.32 Å². The molecule has 2 rings (SSSR count). The Morgan fingerprint density at radius 2 is 2.15 bits per heavy atom. The Bertz CT molecular complexity index is 170. The Balaban J connectivity index is 1.75. The fourth-order valence-corrected chi connectivity index (χ4v) is 2.12. The highest BCUT2D eigenvalue weighted by molar-refractivity contribution is 4.87. The first-order valence-corrected chi connectivity index (χ1v) is 5.29. The Morgan fingerprint density at radius 3 is 2.62 bits per heavy atom. The molecule has 3 nitrogen and oxygen atoms in total. The molecule has 0 spiro atoms. The number of ether oxygens (including phenoxy) is 1. The van der Waals surface area contributed by atoms with E-state index in [1.54, 1.807) is 0 Å². The molecule has 1 saturated carbocycles. The molecule has 3 unspecified atom stereocenters. The van der Waals surface area contributed by atoms with E-state index in [2.05, 4.69) is 12.2 Å². The van der Waals surface area contributed by atoms with E-state index in [9.17, 15) is 5.11 Å². The first-order chi connectivity index (χ1) is 6.27. The summed E-state index contributed by atoms with van der Waals surface area (Å²) >= 11 is 0. The predicted octanol–water partition coefficient (Wildman–Crippen LogP) is 0.524. The lowest BCUT2D eigenvalue weighted by atomic mass is 9.80. The molecular formula is C10H19NO2. The molecule has 1 aliphatic heterocycles. The first kappa shape index (κ1) is 9.44. The summed E-state index contributed by atoms with van der Waals surface area (Å²) in [5.41, 5.74) is 0. The minimum Gasteiger partial charge on any atom is -0.389 e. The van der Waals surface area contributed by atoms with E-state index < -0.39 is 0 Å². The molecule has 2 N–H and O–H groups in total. The van der Waals surface area contributed by atoms with Gasteiger partial charge in [-0.25, -0.2) is 0 Å². The van der Waals surface area contributed by atoms with Crippen molar-refractivity contribution in [2.45, 2.75) is 44.4 Å². The van der Waals surface area contributed by atoms with Crippen LogP contribution in [0.15, 0.2) is 0 Å². The molecule has 0 aromatic heterocycles. The normalized spacial score (nSPS) is 37.4. The fraction of sp³-hybridized carbons (Fsp3) is 1.00. The van der Waals surface area contributed by atoms with E-state index in [4.69, 9.17) is 4.74 Å². The fourth-order valence-electron chi connectivity index (χ4n) is 2.12. The molecule has 2 fully saturated rings. The van der Waals surface area contributed by atoms with Gasteiger partial charge in [0.05, 0.1) is 25.4 Å². The molecular weight excluding hydrogens is 166 g/mol. The predicted molar refractivity (Wildman–Crippen MR) is 50.6 cm³/mol. The van der Waals surface area contributed by atoms with Crippen molar-refractivity contribution in [2.24, 2.45) is 5.92 Å². The minimum atomic E-state index is -0.303. The summed E-state index contributed by atoms with van der Waals surface area (Å²) < 4.78 is 5.19. The van der Waals surface area contributed by atoms with Crippen LogP contribution in [0, 0.1) is 5.92 Å². The van der Waals surface area contributed by atoms with Crippen LogP contribution in [0.1, 0.15) is 26.2 Å². The van der Waals surface area contributed by atoms with Gasteiger partial charge in [0.25, 0.3) is 0 Å². The molecule has 1 saturated heterocycles. The van der Waals surface area contributed by atoms with Crippen LogP contribution in [-0.4, -0.2) is 36.5 Å². The maximum absolute atomic E-state index is 9.52. The highest BCUT2D eigenvalue weighted by Gasteiger charge is 2.31. The molecule has 13 heavy (non-hydrogen) atoms. The largest absolute Gasteiger partial charge is 0.389 e. The Labute approximate surface area is 79.5 Å². The molecule has 2 aliphatic rings. The van der Waals surface area contributed by atoms with Crippen LogP contribution in [0.25, 0.3) is 0 Å². The van der Waals surface area contributed by atoms with Crippen LogP contribution in [0.3, 0.4) is 0 Å². The quantitative estimate of drug-likeness (QED) is 0.673. The van der Waals surface area contributed by atoms with Gasteiger partial charge in [-0.1, -0.05) is 6.42 Å².